The molecule has 1 aromatic heterocycles. The standard InChI is InChI=1S/C24H26N2O4/c1-2-9-21(18-10-4-3-5-11-18)26-23(27)17-30-24(28)20-13-6-7-14-22(20)25-16-19-12-8-15-29-19/h3-8,10-15,21,25H,2,9,16-17H2,1H3,(H,26,27)/t21-/m1/s1. The molecule has 3 rings (SSSR count). The first-order chi connectivity index (χ1) is 14.7. The maximum absolute atomic E-state index is 12.5. The van der Waals surface area contributed by atoms with E-state index in [0.29, 0.717) is 17.8 Å². The van der Waals surface area contributed by atoms with Crippen molar-refractivity contribution in [2.24, 2.45) is 0 Å². The Hall–Kier alpha value is -3.54. The van der Waals surface area contributed by atoms with Gasteiger partial charge in [0, 0.05) is 5.69 Å². The van der Waals surface area contributed by atoms with Crippen LogP contribution in [0.25, 0.3) is 0 Å². The molecule has 2 N–H and O–H groups in total. The molecule has 3 aromatic rings. The first kappa shape index (κ1) is 21.2. The van der Waals surface area contributed by atoms with Gasteiger partial charge < -0.3 is 19.8 Å². The molecule has 1 heterocycles. The molecular formula is C24H26N2O4. The number of hydrogen-bond acceptors (Lipinski definition) is 5. The summed E-state index contributed by atoms with van der Waals surface area (Å²) < 4.78 is 10.6. The normalized spacial score (nSPS) is 11.5. The van der Waals surface area contributed by atoms with Crippen LogP contribution in [-0.2, 0) is 16.1 Å². The van der Waals surface area contributed by atoms with Gasteiger partial charge in [0.1, 0.15) is 5.76 Å². The predicted molar refractivity (Wildman–Crippen MR) is 115 cm³/mol. The number of amides is 1. The third-order valence-corrected chi connectivity index (χ3v) is 4.63. The molecule has 0 aliphatic carbocycles. The monoisotopic (exact) mass is 406 g/mol. The van der Waals surface area contributed by atoms with Crippen molar-refractivity contribution in [3.8, 4) is 0 Å². The quantitative estimate of drug-likeness (QED) is 0.477. The molecule has 0 spiro atoms. The Morgan fingerprint density at radius 1 is 1.00 bits per heavy atom. The summed E-state index contributed by atoms with van der Waals surface area (Å²) in [5, 5.41) is 6.11. The van der Waals surface area contributed by atoms with Gasteiger partial charge in [0.05, 0.1) is 24.4 Å². The van der Waals surface area contributed by atoms with E-state index < -0.39 is 5.97 Å². The van der Waals surface area contributed by atoms with Crippen LogP contribution < -0.4 is 10.6 Å². The van der Waals surface area contributed by atoms with E-state index >= 15 is 0 Å². The summed E-state index contributed by atoms with van der Waals surface area (Å²) in [7, 11) is 0. The minimum atomic E-state index is -0.556. The second-order valence-electron chi connectivity index (χ2n) is 6.87. The molecule has 0 radical (unpaired) electrons. The maximum atomic E-state index is 12.5. The number of benzene rings is 2. The Morgan fingerprint density at radius 3 is 2.50 bits per heavy atom. The minimum absolute atomic E-state index is 0.107. The predicted octanol–water partition coefficient (Wildman–Crippen LogP) is 4.71. The molecule has 0 saturated carbocycles. The molecule has 6 nitrogen and oxygen atoms in total. The van der Waals surface area contributed by atoms with Gasteiger partial charge in [-0.25, -0.2) is 4.79 Å². The highest BCUT2D eigenvalue weighted by Crippen LogP contribution is 2.19. The molecule has 0 aliphatic heterocycles. The Bertz CT molecular complexity index is 939. The van der Waals surface area contributed by atoms with Gasteiger partial charge in [-0.05, 0) is 36.2 Å². The summed E-state index contributed by atoms with van der Waals surface area (Å²) >= 11 is 0. The lowest BCUT2D eigenvalue weighted by Gasteiger charge is -2.18. The van der Waals surface area contributed by atoms with Crippen LogP contribution in [0.4, 0.5) is 5.69 Å². The number of nitrogens with one attached hydrogen (secondary N) is 2. The number of hydrogen-bond donors (Lipinski definition) is 2. The van der Waals surface area contributed by atoms with E-state index in [4.69, 9.17) is 9.15 Å². The van der Waals surface area contributed by atoms with Crippen molar-refractivity contribution in [2.75, 3.05) is 11.9 Å². The lowest BCUT2D eigenvalue weighted by atomic mass is 10.0. The van der Waals surface area contributed by atoms with Crippen LogP contribution in [0.3, 0.4) is 0 Å². The largest absolute Gasteiger partial charge is 0.467 e. The number of esters is 1. The van der Waals surface area contributed by atoms with Crippen LogP contribution in [-0.4, -0.2) is 18.5 Å². The molecule has 30 heavy (non-hydrogen) atoms. The third kappa shape index (κ3) is 5.98. The van der Waals surface area contributed by atoms with Crippen LogP contribution in [0.15, 0.2) is 77.4 Å². The van der Waals surface area contributed by atoms with Crippen LogP contribution in [0.1, 0.15) is 47.5 Å². The van der Waals surface area contributed by atoms with E-state index in [2.05, 4.69) is 17.6 Å². The Morgan fingerprint density at radius 2 is 1.77 bits per heavy atom. The first-order valence-corrected chi connectivity index (χ1v) is 10.0. The summed E-state index contributed by atoms with van der Waals surface area (Å²) in [6.45, 7) is 2.17. The molecule has 0 aliphatic rings. The van der Waals surface area contributed by atoms with Crippen molar-refractivity contribution in [3.05, 3.63) is 89.9 Å². The van der Waals surface area contributed by atoms with Crippen molar-refractivity contribution in [2.45, 2.75) is 32.4 Å². The highest BCUT2D eigenvalue weighted by molar-refractivity contribution is 5.96. The molecule has 0 saturated heterocycles. The van der Waals surface area contributed by atoms with E-state index in [-0.39, 0.29) is 18.6 Å². The van der Waals surface area contributed by atoms with Crippen LogP contribution in [0.5, 0.6) is 0 Å². The molecule has 0 unspecified atom stereocenters. The maximum Gasteiger partial charge on any atom is 0.340 e. The second kappa shape index (κ2) is 10.9. The summed E-state index contributed by atoms with van der Waals surface area (Å²) in [5.41, 5.74) is 2.02. The Balaban J connectivity index is 1.56. The molecule has 0 fully saturated rings. The van der Waals surface area contributed by atoms with Crippen molar-refractivity contribution < 1.29 is 18.7 Å². The zero-order valence-corrected chi connectivity index (χ0v) is 17.0. The van der Waals surface area contributed by atoms with Gasteiger partial charge in [-0.15, -0.1) is 0 Å². The third-order valence-electron chi connectivity index (χ3n) is 4.63. The Labute approximate surface area is 176 Å². The van der Waals surface area contributed by atoms with E-state index in [1.807, 2.05) is 42.5 Å². The fourth-order valence-corrected chi connectivity index (χ4v) is 3.15. The lowest BCUT2D eigenvalue weighted by molar-refractivity contribution is -0.125. The average Bonchev–Trinajstić information content (AvgIpc) is 3.30. The summed E-state index contributed by atoms with van der Waals surface area (Å²) in [6, 6.07) is 20.3. The van der Waals surface area contributed by atoms with Crippen LogP contribution in [0.2, 0.25) is 0 Å². The summed E-state index contributed by atoms with van der Waals surface area (Å²) in [6.07, 6.45) is 3.33. The fraction of sp³-hybridized carbons (Fsp3) is 0.250. The van der Waals surface area contributed by atoms with Gasteiger partial charge >= 0.3 is 5.97 Å². The molecule has 2 aromatic carbocycles. The van der Waals surface area contributed by atoms with Crippen LogP contribution >= 0.6 is 0 Å². The fourth-order valence-electron chi connectivity index (χ4n) is 3.15. The molecule has 6 heteroatoms. The van der Waals surface area contributed by atoms with Gasteiger partial charge in [-0.1, -0.05) is 55.8 Å². The second-order valence-corrected chi connectivity index (χ2v) is 6.87. The van der Waals surface area contributed by atoms with E-state index in [1.54, 1.807) is 30.5 Å². The minimum Gasteiger partial charge on any atom is -0.467 e. The van der Waals surface area contributed by atoms with Gasteiger partial charge in [0.25, 0.3) is 5.91 Å². The van der Waals surface area contributed by atoms with Crippen molar-refractivity contribution in [3.63, 3.8) is 0 Å². The molecular weight excluding hydrogens is 380 g/mol. The smallest absolute Gasteiger partial charge is 0.340 e. The van der Waals surface area contributed by atoms with E-state index in [9.17, 15) is 9.59 Å². The number of para-hydroxylation sites is 1. The number of carbonyl (C=O) groups excluding carboxylic acids is 2. The molecule has 1 atom stereocenters. The Kier molecular flexibility index (Phi) is 7.66. The molecule has 1 amide bonds. The van der Waals surface area contributed by atoms with E-state index in [0.717, 1.165) is 24.2 Å². The van der Waals surface area contributed by atoms with Crippen molar-refractivity contribution >= 4 is 17.6 Å². The highest BCUT2D eigenvalue weighted by Gasteiger charge is 2.17. The number of carbonyl (C=O) groups is 2. The van der Waals surface area contributed by atoms with Crippen molar-refractivity contribution in [1.82, 2.24) is 5.32 Å². The topological polar surface area (TPSA) is 80.6 Å². The van der Waals surface area contributed by atoms with Gasteiger partial charge in [0.15, 0.2) is 6.61 Å². The lowest BCUT2D eigenvalue weighted by Crippen LogP contribution is -2.32. The molecule has 0 bridgehead atoms. The SMILES string of the molecule is CCC[C@@H](NC(=O)COC(=O)c1ccccc1NCc1ccco1)c1ccccc1. The number of anilines is 1. The van der Waals surface area contributed by atoms with Gasteiger partial charge in [-0.3, -0.25) is 4.79 Å². The summed E-state index contributed by atoms with van der Waals surface area (Å²) in [5.74, 6) is -0.133. The van der Waals surface area contributed by atoms with Crippen molar-refractivity contribution in [1.29, 1.82) is 0 Å². The summed E-state index contributed by atoms with van der Waals surface area (Å²) in [4.78, 5) is 24.9. The number of rotatable bonds is 10. The van der Waals surface area contributed by atoms with Crippen LogP contribution in [0, 0.1) is 0 Å². The van der Waals surface area contributed by atoms with E-state index in [1.165, 1.54) is 0 Å². The number of ether oxygens (including phenoxy) is 1. The average molecular weight is 406 g/mol. The zero-order chi connectivity index (χ0) is 21.2. The van der Waals surface area contributed by atoms with Gasteiger partial charge in [-0.2, -0.15) is 0 Å². The first-order valence-electron chi connectivity index (χ1n) is 10.0. The number of furan rings is 1. The highest BCUT2D eigenvalue weighted by atomic mass is 16.5. The molecule has 156 valence electrons. The van der Waals surface area contributed by atoms with Gasteiger partial charge in [0.2, 0.25) is 0 Å². The zero-order valence-electron chi connectivity index (χ0n) is 17.0.